The van der Waals surface area contributed by atoms with Crippen LogP contribution in [0.4, 0.5) is 0 Å². The molecule has 5 atom stereocenters. The van der Waals surface area contributed by atoms with Gasteiger partial charge in [-0.2, -0.15) is 0 Å². The molecular weight excluding hydrogens is 394 g/mol. The van der Waals surface area contributed by atoms with Gasteiger partial charge in [0.15, 0.2) is 0 Å². The molecule has 1 aliphatic rings. The van der Waals surface area contributed by atoms with Crippen molar-refractivity contribution in [3.05, 3.63) is 94.9 Å². The maximum Gasteiger partial charge on any atom is 0.113 e. The zero-order valence-electron chi connectivity index (χ0n) is 17.5. The monoisotopic (exact) mass is 423 g/mol. The third-order valence-electron chi connectivity index (χ3n) is 5.24. The molecule has 1 saturated heterocycles. The number of nitrogens with zero attached hydrogens (tertiary/aromatic N) is 3. The van der Waals surface area contributed by atoms with Crippen molar-refractivity contribution in [3.8, 4) is 0 Å². The van der Waals surface area contributed by atoms with Crippen molar-refractivity contribution in [1.29, 1.82) is 0 Å². The van der Waals surface area contributed by atoms with Crippen LogP contribution in [0.25, 0.3) is 10.4 Å². The van der Waals surface area contributed by atoms with Gasteiger partial charge >= 0.3 is 0 Å². The van der Waals surface area contributed by atoms with E-state index in [4.69, 9.17) is 19.7 Å². The van der Waals surface area contributed by atoms with E-state index >= 15 is 0 Å². The van der Waals surface area contributed by atoms with Gasteiger partial charge in [0.25, 0.3) is 0 Å². The Morgan fingerprint density at radius 3 is 2.06 bits per heavy atom. The molecule has 2 aromatic rings. The van der Waals surface area contributed by atoms with Crippen LogP contribution in [0.2, 0.25) is 0 Å². The van der Waals surface area contributed by atoms with Gasteiger partial charge in [-0.3, -0.25) is 0 Å². The molecule has 0 radical (unpaired) electrons. The summed E-state index contributed by atoms with van der Waals surface area (Å²) in [6, 6.07) is 19.7. The Balaban J connectivity index is 1.77. The molecule has 1 unspecified atom stereocenters. The van der Waals surface area contributed by atoms with Crippen LogP contribution in [0.15, 0.2) is 78.4 Å². The van der Waals surface area contributed by atoms with Gasteiger partial charge in [-0.25, -0.2) is 0 Å². The Morgan fingerprint density at radius 2 is 1.55 bits per heavy atom. The SMILES string of the molecule is C=CCC(O)C[C@H]1O[C@H](CN=[N+]=[N-])[C@@H](OCc2ccccc2)[C@H]1OCc1ccccc1. The van der Waals surface area contributed by atoms with Crippen molar-refractivity contribution in [3.63, 3.8) is 0 Å². The molecule has 7 nitrogen and oxygen atoms in total. The summed E-state index contributed by atoms with van der Waals surface area (Å²) in [4.78, 5) is 2.87. The Hall–Kier alpha value is -2.67. The molecule has 1 N–H and O–H groups in total. The third kappa shape index (κ3) is 6.92. The smallest absolute Gasteiger partial charge is 0.113 e. The Bertz CT molecular complexity index is 842. The van der Waals surface area contributed by atoms with Gasteiger partial charge in [0.2, 0.25) is 0 Å². The predicted octanol–water partition coefficient (Wildman–Crippen LogP) is 4.56. The number of rotatable bonds is 12. The lowest BCUT2D eigenvalue weighted by Gasteiger charge is -2.25. The molecule has 0 aliphatic carbocycles. The van der Waals surface area contributed by atoms with E-state index in [-0.39, 0.29) is 6.54 Å². The minimum atomic E-state index is -0.599. The largest absolute Gasteiger partial charge is 0.393 e. The second-order valence-electron chi connectivity index (χ2n) is 7.56. The van der Waals surface area contributed by atoms with Gasteiger partial charge in [0.1, 0.15) is 12.2 Å². The zero-order valence-corrected chi connectivity index (χ0v) is 17.5. The van der Waals surface area contributed by atoms with E-state index in [1.807, 2.05) is 60.7 Å². The van der Waals surface area contributed by atoms with Crippen LogP contribution in [-0.2, 0) is 27.4 Å². The Labute approximate surface area is 182 Å². The normalized spacial score (nSPS) is 23.8. The molecule has 0 amide bonds. The lowest BCUT2D eigenvalue weighted by molar-refractivity contribution is -0.0819. The molecule has 1 fully saturated rings. The lowest BCUT2D eigenvalue weighted by Crippen LogP contribution is -2.39. The van der Waals surface area contributed by atoms with Crippen molar-refractivity contribution in [2.45, 2.75) is 56.6 Å². The van der Waals surface area contributed by atoms with Crippen molar-refractivity contribution in [2.24, 2.45) is 5.11 Å². The van der Waals surface area contributed by atoms with Crippen LogP contribution in [0, 0.1) is 0 Å². The highest BCUT2D eigenvalue weighted by Crippen LogP contribution is 2.31. The molecule has 1 aliphatic heterocycles. The summed E-state index contributed by atoms with van der Waals surface area (Å²) in [6.07, 6.45) is 0.224. The van der Waals surface area contributed by atoms with Gasteiger partial charge in [-0.1, -0.05) is 71.9 Å². The molecule has 0 spiro atoms. The van der Waals surface area contributed by atoms with Gasteiger partial charge in [0, 0.05) is 11.3 Å². The summed E-state index contributed by atoms with van der Waals surface area (Å²) in [5.74, 6) is 0. The second kappa shape index (κ2) is 12.2. The number of benzene rings is 2. The van der Waals surface area contributed by atoms with Crippen molar-refractivity contribution >= 4 is 0 Å². The molecule has 0 aromatic heterocycles. The van der Waals surface area contributed by atoms with Crippen molar-refractivity contribution in [1.82, 2.24) is 0 Å². The number of ether oxygens (including phenoxy) is 3. The average Bonchev–Trinajstić information content (AvgIpc) is 3.12. The number of hydrogen-bond donors (Lipinski definition) is 1. The standard InChI is InChI=1S/C24H29N3O4/c1-2-9-20(28)14-21-23(29-16-18-10-5-3-6-11-18)24(22(31-21)15-26-27-25)30-17-19-12-7-4-8-13-19/h2-8,10-13,20-24,28H,1,9,14-17H2/t20?,21-,22-,23+,24-/m1/s1. The summed E-state index contributed by atoms with van der Waals surface area (Å²) < 4.78 is 18.7. The van der Waals surface area contributed by atoms with Crippen molar-refractivity contribution in [2.75, 3.05) is 6.54 Å². The minimum Gasteiger partial charge on any atom is -0.393 e. The summed E-state index contributed by atoms with van der Waals surface area (Å²) in [5.41, 5.74) is 10.9. The summed E-state index contributed by atoms with van der Waals surface area (Å²) in [7, 11) is 0. The average molecular weight is 424 g/mol. The fourth-order valence-corrected chi connectivity index (χ4v) is 3.75. The summed E-state index contributed by atoms with van der Waals surface area (Å²) in [6.45, 7) is 4.60. The fraction of sp³-hybridized carbons (Fsp3) is 0.417. The highest BCUT2D eigenvalue weighted by molar-refractivity contribution is 5.14. The highest BCUT2D eigenvalue weighted by Gasteiger charge is 2.46. The predicted molar refractivity (Wildman–Crippen MR) is 118 cm³/mol. The number of aliphatic hydroxyl groups excluding tert-OH is 1. The van der Waals surface area contributed by atoms with Gasteiger partial charge in [-0.15, -0.1) is 6.58 Å². The van der Waals surface area contributed by atoms with E-state index in [9.17, 15) is 5.11 Å². The molecular formula is C24H29N3O4. The first kappa shape index (κ1) is 23.0. The van der Waals surface area contributed by atoms with Crippen molar-refractivity contribution < 1.29 is 19.3 Å². The van der Waals surface area contributed by atoms with Crippen LogP contribution in [-0.4, -0.2) is 42.2 Å². The van der Waals surface area contributed by atoms with E-state index in [2.05, 4.69) is 16.6 Å². The Morgan fingerprint density at radius 1 is 1.00 bits per heavy atom. The molecule has 0 bridgehead atoms. The molecule has 1 heterocycles. The van der Waals surface area contributed by atoms with Gasteiger partial charge in [-0.05, 0) is 23.1 Å². The van der Waals surface area contributed by atoms with E-state index in [0.717, 1.165) is 11.1 Å². The van der Waals surface area contributed by atoms with Crippen LogP contribution in [0.3, 0.4) is 0 Å². The number of aliphatic hydroxyl groups is 1. The van der Waals surface area contributed by atoms with Gasteiger partial charge in [0.05, 0.1) is 38.1 Å². The molecule has 2 aromatic carbocycles. The first-order valence-electron chi connectivity index (χ1n) is 10.5. The van der Waals surface area contributed by atoms with Gasteiger partial charge < -0.3 is 19.3 Å². The zero-order chi connectivity index (χ0) is 21.9. The fourth-order valence-electron chi connectivity index (χ4n) is 3.75. The summed E-state index contributed by atoms with van der Waals surface area (Å²) in [5, 5.41) is 14.0. The second-order valence-corrected chi connectivity index (χ2v) is 7.56. The topological polar surface area (TPSA) is 96.7 Å². The molecule has 164 valence electrons. The van der Waals surface area contributed by atoms with E-state index in [1.54, 1.807) is 6.08 Å². The van der Waals surface area contributed by atoms with E-state index in [1.165, 1.54) is 0 Å². The van der Waals surface area contributed by atoms with Crippen LogP contribution < -0.4 is 0 Å². The number of hydrogen-bond acceptors (Lipinski definition) is 5. The molecule has 31 heavy (non-hydrogen) atoms. The maximum atomic E-state index is 10.3. The quantitative estimate of drug-likeness (QED) is 0.234. The maximum absolute atomic E-state index is 10.3. The first-order chi connectivity index (χ1) is 15.2. The van der Waals surface area contributed by atoms with Crippen LogP contribution in [0.1, 0.15) is 24.0 Å². The first-order valence-corrected chi connectivity index (χ1v) is 10.5. The molecule has 7 heteroatoms. The third-order valence-corrected chi connectivity index (χ3v) is 5.24. The van der Waals surface area contributed by atoms with E-state index in [0.29, 0.717) is 26.1 Å². The summed E-state index contributed by atoms with van der Waals surface area (Å²) >= 11 is 0. The lowest BCUT2D eigenvalue weighted by atomic mass is 10.0. The number of azide groups is 1. The van der Waals surface area contributed by atoms with Crippen LogP contribution >= 0.6 is 0 Å². The highest BCUT2D eigenvalue weighted by atomic mass is 16.6. The Kier molecular flexibility index (Phi) is 9.09. The molecule has 3 rings (SSSR count). The van der Waals surface area contributed by atoms with E-state index < -0.39 is 30.5 Å². The molecule has 0 saturated carbocycles. The van der Waals surface area contributed by atoms with Crippen LogP contribution in [0.5, 0.6) is 0 Å². The minimum absolute atomic E-state index is 0.134.